The van der Waals surface area contributed by atoms with Crippen LogP contribution in [0, 0.1) is 5.92 Å². The number of phenols is 1. The molecule has 2 aromatic carbocycles. The van der Waals surface area contributed by atoms with Gasteiger partial charge in [0, 0.05) is 29.4 Å². The van der Waals surface area contributed by atoms with Gasteiger partial charge in [0.05, 0.1) is 16.6 Å². The molecule has 2 aliphatic carbocycles. The summed E-state index contributed by atoms with van der Waals surface area (Å²) in [6.07, 6.45) is 2.52. The van der Waals surface area contributed by atoms with Crippen LogP contribution >= 0.6 is 0 Å². The number of fused-ring (bicyclic) bond motifs is 1. The first-order valence-electron chi connectivity index (χ1n) is 13.3. The van der Waals surface area contributed by atoms with Crippen LogP contribution in [0.2, 0.25) is 0 Å². The van der Waals surface area contributed by atoms with Gasteiger partial charge in [0.15, 0.2) is 23.4 Å². The minimum absolute atomic E-state index is 0.0452. The van der Waals surface area contributed by atoms with E-state index in [9.17, 15) is 24.9 Å². The second-order valence-electron chi connectivity index (χ2n) is 11.6. The van der Waals surface area contributed by atoms with Crippen LogP contribution in [0.3, 0.4) is 0 Å². The molecule has 8 nitrogen and oxygen atoms in total. The molecule has 2 bridgehead atoms. The van der Waals surface area contributed by atoms with Gasteiger partial charge in [-0.15, -0.1) is 0 Å². The average Bonchev–Trinajstić information content (AvgIpc) is 3.62. The highest BCUT2D eigenvalue weighted by Crippen LogP contribution is 2.63. The van der Waals surface area contributed by atoms with Crippen molar-refractivity contribution >= 4 is 17.4 Å². The standard InChI is InChI=1S/C30H34N2O6/c1-16(28(36)31-21-6-4-5-19(13-21)17(2)33)25(35)27-30-11-12-32(15-18-7-8-18)23(29(30,3)37)14-20-9-10-22(34)26(38-27)24(20)30/h4-6,9-10,13,18,23,27,34-35,37H,7-8,11-12,14-15H2,1-3H3,(H,31,36)/b25-16-/t23-,27+,29-,30+/m1/s1. The van der Waals surface area contributed by atoms with E-state index >= 15 is 0 Å². The minimum Gasteiger partial charge on any atom is -0.508 e. The van der Waals surface area contributed by atoms with Gasteiger partial charge in [-0.05, 0) is 82.7 Å². The number of hydrogen-bond acceptors (Lipinski definition) is 7. The number of rotatable bonds is 6. The molecule has 200 valence electrons. The zero-order valence-electron chi connectivity index (χ0n) is 22.0. The van der Waals surface area contributed by atoms with Crippen molar-refractivity contribution in [2.24, 2.45) is 5.92 Å². The number of piperidine rings is 1. The molecule has 4 N–H and O–H groups in total. The maximum atomic E-state index is 13.2. The van der Waals surface area contributed by atoms with Crippen molar-refractivity contribution in [3.05, 3.63) is 64.4 Å². The molecule has 2 fully saturated rings. The Morgan fingerprint density at radius 3 is 2.66 bits per heavy atom. The molecular formula is C30H34N2O6. The van der Waals surface area contributed by atoms with Gasteiger partial charge in [0.1, 0.15) is 5.76 Å². The van der Waals surface area contributed by atoms with E-state index in [1.165, 1.54) is 26.7 Å². The Hall–Kier alpha value is -3.36. The molecule has 0 unspecified atom stereocenters. The second-order valence-corrected chi connectivity index (χ2v) is 11.6. The number of benzene rings is 2. The molecule has 2 aliphatic heterocycles. The van der Waals surface area contributed by atoms with Crippen molar-refractivity contribution in [2.75, 3.05) is 18.4 Å². The highest BCUT2D eigenvalue weighted by molar-refractivity contribution is 6.04. The summed E-state index contributed by atoms with van der Waals surface area (Å²) in [5.74, 6) is -0.0460. The van der Waals surface area contributed by atoms with Crippen molar-refractivity contribution < 1.29 is 29.6 Å². The SMILES string of the molecule is CC(=O)c1cccc(NC(=O)/C(C)=C(\O)[C@@H]2Oc3c(O)ccc4c3[C@@]23CCN(CC2CC2)[C@H](C4)[C@@]3(C)O)c1. The molecule has 0 aromatic heterocycles. The van der Waals surface area contributed by atoms with E-state index in [-0.39, 0.29) is 34.7 Å². The largest absolute Gasteiger partial charge is 0.508 e. The van der Waals surface area contributed by atoms with Gasteiger partial charge < -0.3 is 25.4 Å². The quantitative estimate of drug-likeness (QED) is 0.261. The molecule has 2 aromatic rings. The number of aromatic hydroxyl groups is 1. The number of aliphatic hydroxyl groups is 2. The molecule has 4 aliphatic rings. The highest BCUT2D eigenvalue weighted by Gasteiger charge is 2.69. The second kappa shape index (κ2) is 8.58. The number of carbonyl (C=O) groups is 2. The third kappa shape index (κ3) is 3.57. The Balaban J connectivity index is 1.39. The van der Waals surface area contributed by atoms with Crippen LogP contribution in [-0.2, 0) is 16.6 Å². The van der Waals surface area contributed by atoms with Crippen molar-refractivity contribution in [1.29, 1.82) is 0 Å². The number of nitrogens with zero attached hydrogens (tertiary/aromatic N) is 1. The summed E-state index contributed by atoms with van der Waals surface area (Å²) in [4.78, 5) is 27.4. The molecule has 1 spiro atoms. The van der Waals surface area contributed by atoms with E-state index < -0.39 is 23.0 Å². The van der Waals surface area contributed by atoms with E-state index in [0.717, 1.165) is 24.2 Å². The molecule has 38 heavy (non-hydrogen) atoms. The third-order valence-electron chi connectivity index (χ3n) is 9.24. The first-order chi connectivity index (χ1) is 18.0. The van der Waals surface area contributed by atoms with Crippen molar-refractivity contribution in [1.82, 2.24) is 4.90 Å². The van der Waals surface area contributed by atoms with Gasteiger partial charge in [0.2, 0.25) is 0 Å². The number of phenolic OH excluding ortho intramolecular Hbond substituents is 1. The van der Waals surface area contributed by atoms with Crippen LogP contribution in [0.5, 0.6) is 11.5 Å². The Morgan fingerprint density at radius 1 is 1.18 bits per heavy atom. The van der Waals surface area contributed by atoms with Gasteiger partial charge in [-0.3, -0.25) is 14.5 Å². The number of likely N-dealkylation sites (tertiary alicyclic amines) is 1. The van der Waals surface area contributed by atoms with Crippen LogP contribution in [0.15, 0.2) is 47.7 Å². The first-order valence-corrected chi connectivity index (χ1v) is 13.3. The Morgan fingerprint density at radius 2 is 1.95 bits per heavy atom. The number of amides is 1. The Kier molecular flexibility index (Phi) is 5.63. The number of anilines is 1. The lowest BCUT2D eigenvalue weighted by Crippen LogP contribution is -2.73. The molecule has 2 heterocycles. The Labute approximate surface area is 221 Å². The van der Waals surface area contributed by atoms with E-state index in [2.05, 4.69) is 10.2 Å². The van der Waals surface area contributed by atoms with Crippen LogP contribution in [-0.4, -0.2) is 62.7 Å². The summed E-state index contributed by atoms with van der Waals surface area (Å²) >= 11 is 0. The number of aliphatic hydroxyl groups excluding tert-OH is 1. The summed E-state index contributed by atoms with van der Waals surface area (Å²) < 4.78 is 6.28. The van der Waals surface area contributed by atoms with Crippen molar-refractivity contribution in [2.45, 2.75) is 69.6 Å². The number of ketones is 1. The van der Waals surface area contributed by atoms with E-state index in [1.54, 1.807) is 30.3 Å². The van der Waals surface area contributed by atoms with Crippen molar-refractivity contribution in [3.63, 3.8) is 0 Å². The Bertz CT molecular complexity index is 1380. The lowest BCUT2D eigenvalue weighted by atomic mass is 9.53. The zero-order valence-corrected chi connectivity index (χ0v) is 22.0. The molecule has 1 amide bonds. The summed E-state index contributed by atoms with van der Waals surface area (Å²) in [5, 5.41) is 37.3. The van der Waals surface area contributed by atoms with Gasteiger partial charge in [0.25, 0.3) is 5.91 Å². The van der Waals surface area contributed by atoms with Gasteiger partial charge >= 0.3 is 0 Å². The molecule has 0 radical (unpaired) electrons. The molecule has 4 atom stereocenters. The normalized spacial score (nSPS) is 30.2. The molecule has 6 rings (SSSR count). The van der Waals surface area contributed by atoms with Crippen molar-refractivity contribution in [3.8, 4) is 11.5 Å². The molecule has 1 saturated carbocycles. The summed E-state index contributed by atoms with van der Waals surface area (Å²) in [6.45, 7) is 6.44. The monoisotopic (exact) mass is 518 g/mol. The van der Waals surface area contributed by atoms with Crippen LogP contribution < -0.4 is 10.1 Å². The van der Waals surface area contributed by atoms with Crippen LogP contribution in [0.1, 0.15) is 61.5 Å². The maximum Gasteiger partial charge on any atom is 0.254 e. The number of carbonyl (C=O) groups excluding carboxylic acids is 2. The average molecular weight is 519 g/mol. The molecule has 8 heteroatoms. The fourth-order valence-electron chi connectivity index (χ4n) is 6.93. The predicted molar refractivity (Wildman–Crippen MR) is 142 cm³/mol. The maximum absolute atomic E-state index is 13.2. The fraction of sp³-hybridized carbons (Fsp3) is 0.467. The minimum atomic E-state index is -1.28. The first kappa shape index (κ1) is 24.9. The third-order valence-corrected chi connectivity index (χ3v) is 9.24. The van der Waals surface area contributed by atoms with Gasteiger partial charge in [-0.2, -0.15) is 0 Å². The number of ether oxygens (including phenoxy) is 1. The van der Waals surface area contributed by atoms with E-state index in [0.29, 0.717) is 30.0 Å². The number of nitrogens with one attached hydrogen (secondary N) is 1. The van der Waals surface area contributed by atoms with E-state index in [1.807, 2.05) is 13.0 Å². The lowest BCUT2D eigenvalue weighted by molar-refractivity contribution is -0.153. The number of hydrogen-bond donors (Lipinski definition) is 4. The predicted octanol–water partition coefficient (Wildman–Crippen LogP) is 3.86. The van der Waals surface area contributed by atoms with Gasteiger partial charge in [-0.25, -0.2) is 0 Å². The summed E-state index contributed by atoms with van der Waals surface area (Å²) in [6, 6.07) is 9.92. The smallest absolute Gasteiger partial charge is 0.254 e. The summed E-state index contributed by atoms with van der Waals surface area (Å²) in [7, 11) is 0. The number of Topliss-reactive ketones (excluding diaryl/α,β-unsaturated/α-hetero) is 1. The summed E-state index contributed by atoms with van der Waals surface area (Å²) in [5.41, 5.74) is 0.368. The molecule has 1 saturated heterocycles. The van der Waals surface area contributed by atoms with Crippen LogP contribution in [0.4, 0.5) is 5.69 Å². The highest BCUT2D eigenvalue weighted by atomic mass is 16.5. The fourth-order valence-corrected chi connectivity index (χ4v) is 6.93. The van der Waals surface area contributed by atoms with E-state index in [4.69, 9.17) is 4.74 Å². The van der Waals surface area contributed by atoms with Gasteiger partial charge in [-0.1, -0.05) is 18.2 Å². The van der Waals surface area contributed by atoms with Crippen LogP contribution in [0.25, 0.3) is 0 Å². The lowest BCUT2D eigenvalue weighted by Gasteiger charge is -2.59. The molecular weight excluding hydrogens is 484 g/mol. The zero-order chi connectivity index (χ0) is 27.0. The topological polar surface area (TPSA) is 119 Å².